The first-order valence-electron chi connectivity index (χ1n) is 26.1. The second-order valence-electron chi connectivity index (χ2n) is 19.1. The number of nitrogens with zero attached hydrogens (tertiary/aromatic N) is 6. The number of halogens is 2. The van der Waals surface area contributed by atoms with Gasteiger partial charge in [0.05, 0.1) is 22.3 Å². The number of aromatic nitrogens is 2. The van der Waals surface area contributed by atoms with Crippen LogP contribution in [0.2, 0.25) is 10.0 Å². The summed E-state index contributed by atoms with van der Waals surface area (Å²) >= 11 is 14.0. The van der Waals surface area contributed by atoms with E-state index in [-0.39, 0.29) is 65.6 Å². The lowest BCUT2D eigenvalue weighted by atomic mass is 9.92. The molecule has 16 nitrogen and oxygen atoms in total. The van der Waals surface area contributed by atoms with Crippen LogP contribution in [0.1, 0.15) is 95.2 Å². The lowest BCUT2D eigenvalue weighted by Crippen LogP contribution is -2.42. The summed E-state index contributed by atoms with van der Waals surface area (Å²) in [7, 11) is 1.69. The van der Waals surface area contributed by atoms with Crippen molar-refractivity contribution in [3.63, 3.8) is 0 Å². The highest BCUT2D eigenvalue weighted by Crippen LogP contribution is 2.39. The van der Waals surface area contributed by atoms with Gasteiger partial charge in [-0.05, 0) is 110 Å². The van der Waals surface area contributed by atoms with Gasteiger partial charge < -0.3 is 39.4 Å². The normalized spacial score (nSPS) is 12.9. The van der Waals surface area contributed by atoms with E-state index in [0.29, 0.717) is 76.6 Å². The van der Waals surface area contributed by atoms with E-state index in [1.54, 1.807) is 62.3 Å². The molecule has 0 fully saturated rings. The maximum atomic E-state index is 12.4. The van der Waals surface area contributed by atoms with E-state index in [2.05, 4.69) is 39.0 Å². The van der Waals surface area contributed by atoms with Gasteiger partial charge in [0, 0.05) is 110 Å². The molecule has 412 valence electrons. The maximum Gasteiger partial charge on any atom is 0.321 e. The van der Waals surface area contributed by atoms with Crippen molar-refractivity contribution in [2.45, 2.75) is 105 Å². The molecular formula is C60H68Cl2N6O10. The fourth-order valence-electron chi connectivity index (χ4n) is 9.41. The number of aliphatic hydroxyl groups excluding tert-OH is 2. The first-order valence-corrected chi connectivity index (χ1v) is 26.8. The van der Waals surface area contributed by atoms with E-state index >= 15 is 0 Å². The van der Waals surface area contributed by atoms with Crippen LogP contribution >= 0.6 is 23.2 Å². The molecule has 2 aromatic heterocycles. The van der Waals surface area contributed by atoms with Crippen LogP contribution in [-0.4, -0.2) is 116 Å². The van der Waals surface area contributed by atoms with Crippen molar-refractivity contribution in [1.82, 2.24) is 19.8 Å². The van der Waals surface area contributed by atoms with Crippen molar-refractivity contribution < 1.29 is 49.0 Å². The predicted octanol–water partition coefficient (Wildman–Crippen LogP) is 10.3. The number of hydrogen-bond acceptors (Lipinski definition) is 14. The number of aliphatic imine (C=N–C) groups is 2. The van der Waals surface area contributed by atoms with Gasteiger partial charge in [0.15, 0.2) is 0 Å². The highest BCUT2D eigenvalue weighted by atomic mass is 35.5. The van der Waals surface area contributed by atoms with Crippen LogP contribution in [0.3, 0.4) is 0 Å². The van der Waals surface area contributed by atoms with Crippen LogP contribution in [-0.2, 0) is 49.1 Å². The Balaban J connectivity index is 1.12. The number of carboxylic acids is 2. The minimum Gasteiger partial charge on any atom is -0.488 e. The zero-order valence-electron chi connectivity index (χ0n) is 44.8. The van der Waals surface area contributed by atoms with Gasteiger partial charge in [-0.3, -0.25) is 39.3 Å². The molecule has 0 saturated carbocycles. The van der Waals surface area contributed by atoms with Crippen molar-refractivity contribution in [2.75, 3.05) is 39.9 Å². The summed E-state index contributed by atoms with van der Waals surface area (Å²) in [5.74, 6) is -0.336. The fraction of sp³-hybridized carbons (Fsp3) is 0.367. The Labute approximate surface area is 466 Å². The average Bonchev–Trinajstić information content (AvgIpc) is 4.28. The Hall–Kier alpha value is -6.92. The highest BCUT2D eigenvalue weighted by Gasteiger charge is 2.28. The maximum absolute atomic E-state index is 12.4. The molecule has 18 heteroatoms. The second-order valence-corrected chi connectivity index (χ2v) is 20.0. The van der Waals surface area contributed by atoms with Crippen LogP contribution < -0.4 is 18.9 Å². The van der Waals surface area contributed by atoms with Gasteiger partial charge in [-0.15, -0.1) is 0 Å². The molecule has 2 atom stereocenters. The van der Waals surface area contributed by atoms with Crippen LogP contribution in [0.4, 0.5) is 0 Å². The average molecular weight is 1100 g/mol. The molecule has 4 N–H and O–H groups in total. The van der Waals surface area contributed by atoms with Gasteiger partial charge in [0.2, 0.25) is 0 Å². The summed E-state index contributed by atoms with van der Waals surface area (Å²) in [4.78, 5) is 45.5. The monoisotopic (exact) mass is 1100 g/mol. The first-order chi connectivity index (χ1) is 37.7. The summed E-state index contributed by atoms with van der Waals surface area (Å²) < 4.78 is 25.9. The van der Waals surface area contributed by atoms with E-state index in [1.807, 2.05) is 67.0 Å². The molecule has 7 rings (SSSR count). The van der Waals surface area contributed by atoms with Gasteiger partial charge in [0.1, 0.15) is 61.5 Å². The molecule has 0 aliphatic carbocycles. The molecule has 4 aromatic carbocycles. The molecule has 0 saturated heterocycles. The van der Waals surface area contributed by atoms with E-state index in [0.717, 1.165) is 61.3 Å². The standard InChI is InChI=1S/C60H68Cl2N6O10/c1-6-16-67(53(14-18-69)59(71)72)32-46-22-50(61)57(24-55(46)75-34-41-20-40(26-63-5)27-64-28-41)77-36-43-10-8-12-48(38(43)3)49-13-9-11-44(39(49)4)37-78-58-25-56(76-35-42-21-45(30-65-29-42)52-31-66-52)47(23-51(58)62)33-68(17-7-2)54(15-19-70)60(73)74/h8-13,20-30,53-54,69-70H,6-7,14-19,31-37H2,1-5H3,(H,71,72)(H,73,74)/b63-26+/t53-,54-/m0/s1. The molecule has 1 aliphatic heterocycles. The third-order valence-corrected chi connectivity index (χ3v) is 14.1. The van der Waals surface area contributed by atoms with Crippen molar-refractivity contribution in [2.24, 2.45) is 9.98 Å². The molecule has 78 heavy (non-hydrogen) atoms. The Kier molecular flexibility index (Phi) is 21.6. The molecule has 3 heterocycles. The third-order valence-electron chi connectivity index (χ3n) is 13.5. The minimum atomic E-state index is -1.02. The van der Waals surface area contributed by atoms with Gasteiger partial charge in [0.25, 0.3) is 0 Å². The summed E-state index contributed by atoms with van der Waals surface area (Å²) in [6.45, 7) is 10.2. The SMILES string of the molecule is CCCN(Cc1cc(Cl)c(OCc2cccc(-c3cccc(COc4cc(OCc5cncc(C6=NC6)c5)c(CN(CCC)[C@@H](CCO)C(=O)O)cc4Cl)c3C)c2C)cc1OCc1cncc(/C=N/C)c1)[C@@H](CCO)C(=O)O. The molecule has 0 radical (unpaired) electrons. The fourth-order valence-corrected chi connectivity index (χ4v) is 9.89. The van der Waals surface area contributed by atoms with E-state index in [9.17, 15) is 30.0 Å². The number of aliphatic hydroxyl groups is 2. The highest BCUT2D eigenvalue weighted by molar-refractivity contribution is 6.32. The number of benzene rings is 4. The molecule has 0 spiro atoms. The molecule has 6 aromatic rings. The predicted molar refractivity (Wildman–Crippen MR) is 303 cm³/mol. The van der Waals surface area contributed by atoms with Gasteiger partial charge >= 0.3 is 11.9 Å². The Bertz CT molecular complexity index is 3100. The Morgan fingerprint density at radius 1 is 0.641 bits per heavy atom. The summed E-state index contributed by atoms with van der Waals surface area (Å²) in [6, 6.07) is 21.2. The number of hydrogen-bond donors (Lipinski definition) is 4. The minimum absolute atomic E-state index is 0.0629. The first kappa shape index (κ1) is 58.8. The van der Waals surface area contributed by atoms with Crippen molar-refractivity contribution in [3.05, 3.63) is 163 Å². The number of pyridine rings is 2. The van der Waals surface area contributed by atoms with Gasteiger partial charge in [-0.2, -0.15) is 0 Å². The van der Waals surface area contributed by atoms with Crippen LogP contribution in [0.25, 0.3) is 11.1 Å². The van der Waals surface area contributed by atoms with Gasteiger partial charge in [-0.25, -0.2) is 0 Å². The number of carbonyl (C=O) groups is 2. The molecule has 0 bridgehead atoms. The summed E-state index contributed by atoms with van der Waals surface area (Å²) in [5, 5.41) is 40.4. The molecule has 0 amide bonds. The van der Waals surface area contributed by atoms with Crippen LogP contribution in [0, 0.1) is 13.8 Å². The van der Waals surface area contributed by atoms with E-state index in [4.69, 9.17) is 42.1 Å². The van der Waals surface area contributed by atoms with Crippen LogP contribution in [0.5, 0.6) is 23.0 Å². The number of carboxylic acid groups (broad SMARTS) is 2. The van der Waals surface area contributed by atoms with E-state index < -0.39 is 24.0 Å². The number of aliphatic carboxylic acids is 2. The summed E-state index contributed by atoms with van der Waals surface area (Å²) in [6.07, 6.45) is 10.1. The molecular weight excluding hydrogens is 1040 g/mol. The zero-order chi connectivity index (χ0) is 55.7. The quantitative estimate of drug-likeness (QED) is 0.0299. The van der Waals surface area contributed by atoms with Crippen molar-refractivity contribution >= 4 is 47.1 Å². The van der Waals surface area contributed by atoms with Crippen molar-refractivity contribution in [1.29, 1.82) is 0 Å². The second kappa shape index (κ2) is 28.6. The topological polar surface area (TPSA) is 209 Å². The van der Waals surface area contributed by atoms with Crippen LogP contribution in [0.15, 0.2) is 108 Å². The number of rotatable bonds is 31. The van der Waals surface area contributed by atoms with E-state index in [1.165, 1.54) is 0 Å². The lowest BCUT2D eigenvalue weighted by Gasteiger charge is -2.29. The Morgan fingerprint density at radius 3 is 1.54 bits per heavy atom. The number of ether oxygens (including phenoxy) is 4. The molecule has 0 unspecified atom stereocenters. The smallest absolute Gasteiger partial charge is 0.321 e. The van der Waals surface area contributed by atoms with Crippen molar-refractivity contribution in [3.8, 4) is 34.1 Å². The molecule has 1 aliphatic rings. The summed E-state index contributed by atoms with van der Waals surface area (Å²) in [5.41, 5.74) is 11.6. The van der Waals surface area contributed by atoms with Gasteiger partial charge in [-0.1, -0.05) is 73.4 Å². The Morgan fingerprint density at radius 2 is 1.10 bits per heavy atom. The third kappa shape index (κ3) is 15.6. The lowest BCUT2D eigenvalue weighted by molar-refractivity contribution is -0.145. The zero-order valence-corrected chi connectivity index (χ0v) is 46.3. The largest absolute Gasteiger partial charge is 0.488 e.